The van der Waals surface area contributed by atoms with Crippen LogP contribution in [0.4, 0.5) is 0 Å². The molecule has 4 nitrogen and oxygen atoms in total. The second kappa shape index (κ2) is 3.56. The minimum atomic E-state index is -0.154. The maximum absolute atomic E-state index is 9.75. The zero-order chi connectivity index (χ0) is 11.9. The van der Waals surface area contributed by atoms with Crippen LogP contribution in [0.2, 0.25) is 0 Å². The van der Waals surface area contributed by atoms with Gasteiger partial charge in [0.15, 0.2) is 0 Å². The molecule has 1 unspecified atom stereocenters. The molecule has 0 amide bonds. The second-order valence-corrected chi connectivity index (χ2v) is 4.56. The third-order valence-electron chi connectivity index (χ3n) is 2.97. The van der Waals surface area contributed by atoms with Gasteiger partial charge in [-0.15, -0.1) is 0 Å². The van der Waals surface area contributed by atoms with Gasteiger partial charge in [0.1, 0.15) is 17.2 Å². The predicted octanol–water partition coefficient (Wildman–Crippen LogP) is 1.83. The first-order valence-electron chi connectivity index (χ1n) is 5.20. The average Bonchev–Trinajstić information content (AvgIpc) is 2.79. The van der Waals surface area contributed by atoms with E-state index in [9.17, 15) is 10.2 Å². The van der Waals surface area contributed by atoms with Crippen molar-refractivity contribution in [3.63, 3.8) is 0 Å². The smallest absolute Gasteiger partial charge is 0.126 e. The van der Waals surface area contributed by atoms with E-state index in [0.717, 1.165) is 0 Å². The van der Waals surface area contributed by atoms with E-state index in [1.807, 2.05) is 13.8 Å². The van der Waals surface area contributed by atoms with Crippen LogP contribution in [0.3, 0.4) is 0 Å². The molecule has 1 aliphatic heterocycles. The van der Waals surface area contributed by atoms with Crippen molar-refractivity contribution in [2.24, 2.45) is 0 Å². The molecule has 1 aromatic rings. The number of ether oxygens (including phenoxy) is 2. The molecule has 1 saturated heterocycles. The predicted molar refractivity (Wildman–Crippen MR) is 59.0 cm³/mol. The number of hydrogen-bond donors (Lipinski definition) is 2. The average molecular weight is 224 g/mol. The number of hydrogen-bond acceptors (Lipinski definition) is 4. The third-order valence-corrected chi connectivity index (χ3v) is 2.97. The molecule has 2 N–H and O–H groups in total. The Labute approximate surface area is 94.4 Å². The van der Waals surface area contributed by atoms with E-state index >= 15 is 0 Å². The molecule has 2 rings (SSSR count). The fourth-order valence-corrected chi connectivity index (χ4v) is 1.75. The van der Waals surface area contributed by atoms with Crippen LogP contribution in [0.5, 0.6) is 17.2 Å². The lowest BCUT2D eigenvalue weighted by molar-refractivity contribution is 0.321. The standard InChI is InChI=1S/C12H16O4/c1-12(2)11(16-12)6-8-9(13)4-7(15-3)5-10(8)14/h4-5,11,13-14H,6H2,1-3H3. The van der Waals surface area contributed by atoms with Gasteiger partial charge in [-0.3, -0.25) is 0 Å². The topological polar surface area (TPSA) is 62.2 Å². The van der Waals surface area contributed by atoms with Gasteiger partial charge in [0.2, 0.25) is 0 Å². The van der Waals surface area contributed by atoms with Crippen molar-refractivity contribution in [1.29, 1.82) is 0 Å². The largest absolute Gasteiger partial charge is 0.507 e. The Kier molecular flexibility index (Phi) is 2.46. The minimum Gasteiger partial charge on any atom is -0.507 e. The fraction of sp³-hybridized carbons (Fsp3) is 0.500. The van der Waals surface area contributed by atoms with Gasteiger partial charge in [0.25, 0.3) is 0 Å². The normalized spacial score (nSPS) is 21.8. The summed E-state index contributed by atoms with van der Waals surface area (Å²) in [5.41, 5.74) is 0.357. The summed E-state index contributed by atoms with van der Waals surface area (Å²) in [7, 11) is 1.49. The van der Waals surface area contributed by atoms with Crippen LogP contribution >= 0.6 is 0 Å². The Hall–Kier alpha value is -1.42. The van der Waals surface area contributed by atoms with Gasteiger partial charge in [0.05, 0.1) is 18.8 Å². The molecule has 0 saturated carbocycles. The molecule has 1 atom stereocenters. The minimum absolute atomic E-state index is 0.0446. The van der Waals surface area contributed by atoms with E-state index in [4.69, 9.17) is 9.47 Å². The number of epoxide rings is 1. The zero-order valence-electron chi connectivity index (χ0n) is 9.65. The molecule has 1 fully saturated rings. The maximum atomic E-state index is 9.75. The Morgan fingerprint density at radius 2 is 1.81 bits per heavy atom. The van der Waals surface area contributed by atoms with Gasteiger partial charge >= 0.3 is 0 Å². The molecule has 1 aromatic carbocycles. The molecule has 0 aromatic heterocycles. The molecule has 0 aliphatic carbocycles. The highest BCUT2D eigenvalue weighted by Gasteiger charge is 2.48. The summed E-state index contributed by atoms with van der Waals surface area (Å²) in [6.07, 6.45) is 0.562. The van der Waals surface area contributed by atoms with Crippen molar-refractivity contribution in [3.05, 3.63) is 17.7 Å². The van der Waals surface area contributed by atoms with Crippen LogP contribution in [0.25, 0.3) is 0 Å². The molecular weight excluding hydrogens is 208 g/mol. The summed E-state index contributed by atoms with van der Waals surface area (Å²) >= 11 is 0. The van der Waals surface area contributed by atoms with Crippen LogP contribution in [-0.2, 0) is 11.2 Å². The summed E-state index contributed by atoms with van der Waals surface area (Å²) in [4.78, 5) is 0. The third kappa shape index (κ3) is 1.93. The summed E-state index contributed by atoms with van der Waals surface area (Å²) in [6.45, 7) is 3.96. The molecule has 1 aliphatic rings. The Bertz CT molecular complexity index is 388. The molecular formula is C12H16O4. The molecule has 0 radical (unpaired) electrons. The number of methoxy groups -OCH3 is 1. The summed E-state index contributed by atoms with van der Waals surface area (Å²) < 4.78 is 10.4. The van der Waals surface area contributed by atoms with Gasteiger partial charge < -0.3 is 19.7 Å². The van der Waals surface area contributed by atoms with Gasteiger partial charge in [0, 0.05) is 24.1 Å². The molecule has 16 heavy (non-hydrogen) atoms. The summed E-state index contributed by atoms with van der Waals surface area (Å²) in [5, 5.41) is 19.5. The maximum Gasteiger partial charge on any atom is 0.126 e. The molecule has 4 heteroatoms. The number of benzene rings is 1. The molecule has 0 bridgehead atoms. The van der Waals surface area contributed by atoms with Crippen LogP contribution in [0, 0.1) is 0 Å². The first-order chi connectivity index (χ1) is 7.44. The van der Waals surface area contributed by atoms with Crippen LogP contribution < -0.4 is 4.74 Å². The van der Waals surface area contributed by atoms with E-state index in [2.05, 4.69) is 0 Å². The van der Waals surface area contributed by atoms with Crippen molar-refractivity contribution in [1.82, 2.24) is 0 Å². The Morgan fingerprint density at radius 1 is 1.31 bits per heavy atom. The van der Waals surface area contributed by atoms with Crippen molar-refractivity contribution in [2.45, 2.75) is 32.0 Å². The van der Waals surface area contributed by atoms with Crippen LogP contribution in [0.1, 0.15) is 19.4 Å². The number of phenolic OH excluding ortho intramolecular Hbond substituents is 2. The van der Waals surface area contributed by atoms with Gasteiger partial charge in [-0.05, 0) is 13.8 Å². The SMILES string of the molecule is COc1cc(O)c(CC2OC2(C)C)c(O)c1. The van der Waals surface area contributed by atoms with E-state index in [0.29, 0.717) is 17.7 Å². The highest BCUT2D eigenvalue weighted by molar-refractivity contribution is 5.49. The van der Waals surface area contributed by atoms with E-state index < -0.39 is 0 Å². The van der Waals surface area contributed by atoms with Crippen molar-refractivity contribution in [3.8, 4) is 17.2 Å². The van der Waals surface area contributed by atoms with E-state index in [1.165, 1.54) is 19.2 Å². The first-order valence-corrected chi connectivity index (χ1v) is 5.20. The second-order valence-electron chi connectivity index (χ2n) is 4.56. The number of phenols is 2. The highest BCUT2D eigenvalue weighted by Crippen LogP contribution is 2.42. The van der Waals surface area contributed by atoms with E-state index in [1.54, 1.807) is 0 Å². The Balaban J connectivity index is 2.21. The van der Waals surface area contributed by atoms with Crippen LogP contribution in [-0.4, -0.2) is 29.0 Å². The number of rotatable bonds is 3. The number of aromatic hydroxyl groups is 2. The monoisotopic (exact) mass is 224 g/mol. The van der Waals surface area contributed by atoms with Crippen molar-refractivity contribution < 1.29 is 19.7 Å². The summed E-state index contributed by atoms with van der Waals surface area (Å²) in [5.74, 6) is 0.529. The first kappa shape index (κ1) is 11.1. The van der Waals surface area contributed by atoms with E-state index in [-0.39, 0.29) is 23.2 Å². The molecule has 0 spiro atoms. The summed E-state index contributed by atoms with van der Waals surface area (Å²) in [6, 6.07) is 2.98. The van der Waals surface area contributed by atoms with Gasteiger partial charge in [-0.2, -0.15) is 0 Å². The zero-order valence-corrected chi connectivity index (χ0v) is 9.65. The van der Waals surface area contributed by atoms with Gasteiger partial charge in [-0.25, -0.2) is 0 Å². The lowest BCUT2D eigenvalue weighted by Crippen LogP contribution is -2.06. The van der Waals surface area contributed by atoms with Crippen molar-refractivity contribution in [2.75, 3.05) is 7.11 Å². The molecule has 88 valence electrons. The lowest BCUT2D eigenvalue weighted by atomic mass is 10.0. The van der Waals surface area contributed by atoms with Gasteiger partial charge in [-0.1, -0.05) is 0 Å². The fourth-order valence-electron chi connectivity index (χ4n) is 1.75. The quantitative estimate of drug-likeness (QED) is 0.769. The van der Waals surface area contributed by atoms with Crippen LogP contribution in [0.15, 0.2) is 12.1 Å². The van der Waals surface area contributed by atoms with Crippen molar-refractivity contribution >= 4 is 0 Å². The highest BCUT2D eigenvalue weighted by atomic mass is 16.6. The Morgan fingerprint density at radius 3 is 2.19 bits per heavy atom. The lowest BCUT2D eigenvalue weighted by Gasteiger charge is -2.08. The molecule has 1 heterocycles.